The summed E-state index contributed by atoms with van der Waals surface area (Å²) in [7, 11) is 0. The molecule has 110 valence electrons. The zero-order valence-electron chi connectivity index (χ0n) is 11.2. The van der Waals surface area contributed by atoms with Gasteiger partial charge in [0.15, 0.2) is 5.84 Å². The van der Waals surface area contributed by atoms with Gasteiger partial charge in [0.05, 0.1) is 3.79 Å². The Morgan fingerprint density at radius 1 is 1.65 bits per heavy atom. The molecule has 7 heteroatoms. The Kier molecular flexibility index (Phi) is 4.70. The van der Waals surface area contributed by atoms with Crippen molar-refractivity contribution in [2.75, 3.05) is 6.54 Å². The Morgan fingerprint density at radius 3 is 2.85 bits per heavy atom. The highest BCUT2D eigenvalue weighted by atomic mass is 79.9. The van der Waals surface area contributed by atoms with Crippen LogP contribution in [0.15, 0.2) is 21.1 Å². The molecule has 20 heavy (non-hydrogen) atoms. The molecule has 0 saturated heterocycles. The van der Waals surface area contributed by atoms with Crippen LogP contribution in [0.4, 0.5) is 0 Å². The number of rotatable bonds is 5. The molecule has 1 aromatic rings. The quantitative estimate of drug-likeness (QED) is 0.326. The van der Waals surface area contributed by atoms with Crippen LogP contribution < -0.4 is 11.1 Å². The van der Waals surface area contributed by atoms with Gasteiger partial charge in [0.2, 0.25) is 5.91 Å². The second-order valence-corrected chi connectivity index (χ2v) is 7.84. The fraction of sp³-hybridized carbons (Fsp3) is 0.538. The maximum Gasteiger partial charge on any atom is 0.233 e. The first-order valence-corrected chi connectivity index (χ1v) is 8.09. The number of carbonyl (C=O) groups excluding carboxylic acids is 1. The highest BCUT2D eigenvalue weighted by Gasteiger charge is 2.51. The third-order valence-electron chi connectivity index (χ3n) is 3.71. The first-order chi connectivity index (χ1) is 9.48. The van der Waals surface area contributed by atoms with E-state index in [-0.39, 0.29) is 11.7 Å². The first kappa shape index (κ1) is 15.3. The second kappa shape index (κ2) is 6.13. The van der Waals surface area contributed by atoms with E-state index in [0.29, 0.717) is 25.3 Å². The van der Waals surface area contributed by atoms with Crippen molar-refractivity contribution in [2.45, 2.75) is 26.2 Å². The van der Waals surface area contributed by atoms with Gasteiger partial charge in [0, 0.05) is 11.4 Å². The summed E-state index contributed by atoms with van der Waals surface area (Å²) in [6.07, 6.45) is 2.06. The van der Waals surface area contributed by atoms with Crippen molar-refractivity contribution in [1.82, 2.24) is 5.32 Å². The summed E-state index contributed by atoms with van der Waals surface area (Å²) in [5.74, 6) is 0.308. The third kappa shape index (κ3) is 2.98. The zero-order valence-corrected chi connectivity index (χ0v) is 13.6. The zero-order chi connectivity index (χ0) is 14.8. The average Bonchev–Trinajstić information content (AvgIpc) is 2.79. The lowest BCUT2D eigenvalue weighted by Gasteiger charge is -2.43. The number of halogens is 1. The molecule has 2 rings (SSSR count). The highest BCUT2D eigenvalue weighted by molar-refractivity contribution is 9.11. The van der Waals surface area contributed by atoms with Crippen molar-refractivity contribution < 1.29 is 10.0 Å². The van der Waals surface area contributed by atoms with E-state index in [1.807, 2.05) is 12.1 Å². The van der Waals surface area contributed by atoms with Crippen molar-refractivity contribution in [2.24, 2.45) is 22.2 Å². The van der Waals surface area contributed by atoms with Crippen LogP contribution in [0.25, 0.3) is 0 Å². The fourth-order valence-corrected chi connectivity index (χ4v) is 4.17. The lowest BCUT2D eigenvalue weighted by atomic mass is 9.61. The van der Waals surface area contributed by atoms with Gasteiger partial charge in [-0.05, 0) is 53.2 Å². The van der Waals surface area contributed by atoms with Gasteiger partial charge in [-0.3, -0.25) is 4.79 Å². The molecular formula is C13H18BrN3O2S. The monoisotopic (exact) mass is 359 g/mol. The van der Waals surface area contributed by atoms with Crippen LogP contribution in [0.3, 0.4) is 0 Å². The van der Waals surface area contributed by atoms with Crippen molar-refractivity contribution >= 4 is 39.0 Å². The first-order valence-electron chi connectivity index (χ1n) is 6.48. The Balaban J connectivity index is 1.90. The number of hydrogen-bond donors (Lipinski definition) is 3. The van der Waals surface area contributed by atoms with Crippen molar-refractivity contribution in [3.63, 3.8) is 0 Å². The Hall–Kier alpha value is -1.08. The molecule has 0 unspecified atom stereocenters. The van der Waals surface area contributed by atoms with Gasteiger partial charge in [-0.15, -0.1) is 11.3 Å². The van der Waals surface area contributed by atoms with Gasteiger partial charge in [-0.1, -0.05) is 12.1 Å². The molecule has 1 amide bonds. The molecule has 0 spiro atoms. The molecule has 0 bridgehead atoms. The molecule has 1 saturated carbocycles. The maximum atomic E-state index is 12.3. The number of thiophene rings is 1. The number of oxime groups is 1. The number of hydrogen-bond acceptors (Lipinski definition) is 4. The van der Waals surface area contributed by atoms with E-state index in [1.54, 1.807) is 11.3 Å². The van der Waals surface area contributed by atoms with Gasteiger partial charge in [0.1, 0.15) is 5.41 Å². The highest BCUT2D eigenvalue weighted by Crippen LogP contribution is 2.45. The lowest BCUT2D eigenvalue weighted by Crippen LogP contribution is -2.57. The molecule has 1 heterocycles. The Labute approximate surface area is 130 Å². The number of amidine groups is 1. The minimum absolute atomic E-state index is 0.0203. The van der Waals surface area contributed by atoms with Crippen LogP contribution in [0.5, 0.6) is 0 Å². The summed E-state index contributed by atoms with van der Waals surface area (Å²) < 4.78 is 1.08. The standard InChI is InChI=1S/C13H18BrN3O2S/c1-8-6-13(7-8,11(15)17-19)12(18)16-5-4-9-2-3-10(14)20-9/h2-3,8,19H,4-7H2,1H3,(H2,15,17)(H,16,18). The van der Waals surface area contributed by atoms with Gasteiger partial charge in [-0.25, -0.2) is 0 Å². The predicted octanol–water partition coefficient (Wildman–Crippen LogP) is 2.33. The molecular weight excluding hydrogens is 342 g/mol. The molecule has 1 aliphatic rings. The molecule has 0 atom stereocenters. The summed E-state index contributed by atoms with van der Waals surface area (Å²) in [5, 5.41) is 14.8. The number of nitrogens with two attached hydrogens (primary N) is 1. The van der Waals surface area contributed by atoms with E-state index >= 15 is 0 Å². The van der Waals surface area contributed by atoms with Gasteiger partial charge in [-0.2, -0.15) is 0 Å². The van der Waals surface area contributed by atoms with Crippen LogP contribution in [-0.4, -0.2) is 23.5 Å². The molecule has 0 aliphatic heterocycles. The minimum Gasteiger partial charge on any atom is -0.409 e. The lowest BCUT2D eigenvalue weighted by molar-refractivity contribution is -0.133. The van der Waals surface area contributed by atoms with Crippen molar-refractivity contribution in [1.29, 1.82) is 0 Å². The molecule has 1 aromatic heterocycles. The molecule has 0 aromatic carbocycles. The molecule has 5 nitrogen and oxygen atoms in total. The number of nitrogens with one attached hydrogen (secondary N) is 1. The van der Waals surface area contributed by atoms with E-state index < -0.39 is 5.41 Å². The van der Waals surface area contributed by atoms with Crippen molar-refractivity contribution in [3.8, 4) is 0 Å². The molecule has 0 radical (unpaired) electrons. The van der Waals surface area contributed by atoms with Gasteiger partial charge < -0.3 is 16.3 Å². The fourth-order valence-electron chi connectivity index (χ4n) is 2.69. The minimum atomic E-state index is -0.815. The summed E-state index contributed by atoms with van der Waals surface area (Å²) in [5.41, 5.74) is 4.88. The predicted molar refractivity (Wildman–Crippen MR) is 83.0 cm³/mol. The smallest absolute Gasteiger partial charge is 0.233 e. The van der Waals surface area contributed by atoms with Gasteiger partial charge >= 0.3 is 0 Å². The SMILES string of the molecule is CC1CC(C(=O)NCCc2ccc(Br)s2)(/C(N)=N/O)C1. The number of amides is 1. The van der Waals surface area contributed by atoms with Crippen LogP contribution in [0.2, 0.25) is 0 Å². The maximum absolute atomic E-state index is 12.3. The Morgan fingerprint density at radius 2 is 2.35 bits per heavy atom. The largest absolute Gasteiger partial charge is 0.409 e. The molecule has 1 fully saturated rings. The van der Waals surface area contributed by atoms with Crippen molar-refractivity contribution in [3.05, 3.63) is 20.8 Å². The van der Waals surface area contributed by atoms with E-state index in [9.17, 15) is 4.79 Å². The van der Waals surface area contributed by atoms with Crippen LogP contribution >= 0.6 is 27.3 Å². The number of nitrogens with zero attached hydrogens (tertiary/aromatic N) is 1. The third-order valence-corrected chi connectivity index (χ3v) is 5.40. The van der Waals surface area contributed by atoms with Crippen LogP contribution in [0.1, 0.15) is 24.6 Å². The normalized spacial score (nSPS) is 26.1. The molecule has 1 aliphatic carbocycles. The van der Waals surface area contributed by atoms with E-state index in [0.717, 1.165) is 10.2 Å². The summed E-state index contributed by atoms with van der Waals surface area (Å²) in [6, 6.07) is 4.03. The van der Waals surface area contributed by atoms with Crippen LogP contribution in [0, 0.1) is 11.3 Å². The average molecular weight is 360 g/mol. The van der Waals surface area contributed by atoms with Crippen LogP contribution in [-0.2, 0) is 11.2 Å². The second-order valence-electron chi connectivity index (χ2n) is 5.29. The van der Waals surface area contributed by atoms with E-state index in [4.69, 9.17) is 10.9 Å². The summed E-state index contributed by atoms with van der Waals surface area (Å²) in [4.78, 5) is 13.5. The van der Waals surface area contributed by atoms with Gasteiger partial charge in [0.25, 0.3) is 0 Å². The number of carbonyl (C=O) groups is 1. The summed E-state index contributed by atoms with van der Waals surface area (Å²) in [6.45, 7) is 2.61. The Bertz CT molecular complexity index is 523. The van der Waals surface area contributed by atoms with E-state index in [1.165, 1.54) is 4.88 Å². The van der Waals surface area contributed by atoms with E-state index in [2.05, 4.69) is 33.3 Å². The topological polar surface area (TPSA) is 87.7 Å². The molecule has 4 N–H and O–H groups in total. The summed E-state index contributed by atoms with van der Waals surface area (Å²) >= 11 is 5.07.